The van der Waals surface area contributed by atoms with E-state index in [1.54, 1.807) is 0 Å². The van der Waals surface area contributed by atoms with Gasteiger partial charge in [0.25, 0.3) is 0 Å². The van der Waals surface area contributed by atoms with Crippen molar-refractivity contribution in [2.45, 2.75) is 25.9 Å². The van der Waals surface area contributed by atoms with Crippen LogP contribution in [0.2, 0.25) is 0 Å². The van der Waals surface area contributed by atoms with Gasteiger partial charge in [0.05, 0.1) is 12.2 Å². The van der Waals surface area contributed by atoms with Gasteiger partial charge in [0.2, 0.25) is 0 Å². The Hall–Kier alpha value is -0.410. The van der Waals surface area contributed by atoms with Crippen LogP contribution in [0, 0.1) is 0 Å². The lowest BCUT2D eigenvalue weighted by atomic mass is 10.1. The molecule has 1 fully saturated rings. The number of ether oxygens (including phenoxy) is 1. The zero-order chi connectivity index (χ0) is 9.03. The molecular formula is C9H17NO2. The first-order valence-corrected chi connectivity index (χ1v) is 4.44. The third kappa shape index (κ3) is 2.91. The molecule has 3 nitrogen and oxygen atoms in total. The topological polar surface area (TPSA) is 29.5 Å². The lowest BCUT2D eigenvalue weighted by molar-refractivity contribution is -0.110. The normalized spacial score (nSPS) is 23.8. The van der Waals surface area contributed by atoms with E-state index in [0.29, 0.717) is 6.42 Å². The summed E-state index contributed by atoms with van der Waals surface area (Å²) in [6.07, 6.45) is 1.61. The molecule has 0 spiro atoms. The second kappa shape index (κ2) is 4.01. The van der Waals surface area contributed by atoms with E-state index in [0.717, 1.165) is 32.5 Å². The van der Waals surface area contributed by atoms with Gasteiger partial charge in [0, 0.05) is 26.1 Å². The molecule has 1 heterocycles. The fourth-order valence-corrected chi connectivity index (χ4v) is 1.54. The zero-order valence-corrected chi connectivity index (χ0v) is 7.88. The second-order valence-electron chi connectivity index (χ2n) is 3.84. The summed E-state index contributed by atoms with van der Waals surface area (Å²) in [7, 11) is 0. The van der Waals surface area contributed by atoms with Crippen molar-refractivity contribution in [1.29, 1.82) is 0 Å². The summed E-state index contributed by atoms with van der Waals surface area (Å²) in [5.41, 5.74) is -0.0405. The van der Waals surface area contributed by atoms with E-state index in [1.165, 1.54) is 0 Å². The molecule has 0 unspecified atom stereocenters. The van der Waals surface area contributed by atoms with Crippen molar-refractivity contribution >= 4 is 6.29 Å². The standard InChI is InChI=1S/C9H17NO2/c1-9(2)8-10(4-3-6-11)5-7-12-9/h6H,3-5,7-8H2,1-2H3. The number of hydrogen-bond donors (Lipinski definition) is 0. The van der Waals surface area contributed by atoms with Crippen LogP contribution in [0.25, 0.3) is 0 Å². The van der Waals surface area contributed by atoms with E-state index in [4.69, 9.17) is 4.74 Å². The highest BCUT2D eigenvalue weighted by molar-refractivity contribution is 5.49. The third-order valence-corrected chi connectivity index (χ3v) is 2.07. The molecule has 0 aromatic rings. The van der Waals surface area contributed by atoms with Gasteiger partial charge in [-0.05, 0) is 13.8 Å². The second-order valence-corrected chi connectivity index (χ2v) is 3.84. The molecule has 0 N–H and O–H groups in total. The molecule has 1 saturated heterocycles. The summed E-state index contributed by atoms with van der Waals surface area (Å²) in [5.74, 6) is 0. The number of rotatable bonds is 3. The van der Waals surface area contributed by atoms with Crippen molar-refractivity contribution in [3.63, 3.8) is 0 Å². The highest BCUT2D eigenvalue weighted by atomic mass is 16.5. The maximum Gasteiger partial charge on any atom is 0.121 e. The summed E-state index contributed by atoms with van der Waals surface area (Å²) in [6.45, 7) is 7.71. The van der Waals surface area contributed by atoms with Crippen molar-refractivity contribution in [1.82, 2.24) is 4.90 Å². The van der Waals surface area contributed by atoms with Crippen LogP contribution in [0.15, 0.2) is 0 Å². The molecule has 70 valence electrons. The largest absolute Gasteiger partial charge is 0.373 e. The molecule has 0 bridgehead atoms. The van der Waals surface area contributed by atoms with Crippen molar-refractivity contribution < 1.29 is 9.53 Å². The van der Waals surface area contributed by atoms with Crippen LogP contribution in [0.5, 0.6) is 0 Å². The van der Waals surface area contributed by atoms with Crippen LogP contribution in [-0.2, 0) is 9.53 Å². The zero-order valence-electron chi connectivity index (χ0n) is 7.88. The molecule has 3 heteroatoms. The lowest BCUT2D eigenvalue weighted by Gasteiger charge is -2.37. The van der Waals surface area contributed by atoms with Gasteiger partial charge in [-0.3, -0.25) is 4.90 Å². The number of aldehydes is 1. The molecule has 0 radical (unpaired) electrons. The van der Waals surface area contributed by atoms with E-state index >= 15 is 0 Å². The Morgan fingerprint density at radius 3 is 2.92 bits per heavy atom. The van der Waals surface area contributed by atoms with Crippen LogP contribution < -0.4 is 0 Å². The lowest BCUT2D eigenvalue weighted by Crippen LogP contribution is -2.48. The van der Waals surface area contributed by atoms with Crippen LogP contribution in [0.3, 0.4) is 0 Å². The van der Waals surface area contributed by atoms with Gasteiger partial charge in [0.15, 0.2) is 0 Å². The van der Waals surface area contributed by atoms with E-state index < -0.39 is 0 Å². The Kier molecular flexibility index (Phi) is 3.23. The Morgan fingerprint density at radius 1 is 1.58 bits per heavy atom. The molecule has 0 amide bonds. The number of carbonyl (C=O) groups excluding carboxylic acids is 1. The van der Waals surface area contributed by atoms with Crippen LogP contribution in [0.1, 0.15) is 20.3 Å². The molecule has 1 aliphatic heterocycles. The molecule has 1 aliphatic rings. The minimum atomic E-state index is -0.0405. The summed E-state index contributed by atoms with van der Waals surface area (Å²) >= 11 is 0. The van der Waals surface area contributed by atoms with Crippen LogP contribution in [0.4, 0.5) is 0 Å². The van der Waals surface area contributed by atoms with Crippen LogP contribution >= 0.6 is 0 Å². The molecule has 0 aromatic carbocycles. The number of morpholine rings is 1. The van der Waals surface area contributed by atoms with Crippen molar-refractivity contribution in [2.24, 2.45) is 0 Å². The molecular weight excluding hydrogens is 154 g/mol. The fourth-order valence-electron chi connectivity index (χ4n) is 1.54. The highest BCUT2D eigenvalue weighted by Crippen LogP contribution is 2.15. The average Bonchev–Trinajstić information content (AvgIpc) is 1.99. The van der Waals surface area contributed by atoms with E-state index in [-0.39, 0.29) is 5.60 Å². The van der Waals surface area contributed by atoms with Crippen molar-refractivity contribution in [2.75, 3.05) is 26.2 Å². The fraction of sp³-hybridized carbons (Fsp3) is 0.889. The minimum Gasteiger partial charge on any atom is -0.373 e. The Labute approximate surface area is 73.7 Å². The highest BCUT2D eigenvalue weighted by Gasteiger charge is 2.26. The summed E-state index contributed by atoms with van der Waals surface area (Å²) in [5, 5.41) is 0. The van der Waals surface area contributed by atoms with E-state index in [2.05, 4.69) is 18.7 Å². The number of carbonyl (C=O) groups is 1. The summed E-state index contributed by atoms with van der Waals surface area (Å²) in [4.78, 5) is 12.4. The van der Waals surface area contributed by atoms with Crippen molar-refractivity contribution in [3.05, 3.63) is 0 Å². The van der Waals surface area contributed by atoms with Crippen LogP contribution in [-0.4, -0.2) is 43.0 Å². The Bertz CT molecular complexity index is 157. The first-order chi connectivity index (χ1) is 5.64. The van der Waals surface area contributed by atoms with E-state index in [1.807, 2.05) is 0 Å². The average molecular weight is 171 g/mol. The Balaban J connectivity index is 2.31. The molecule has 0 atom stereocenters. The first-order valence-electron chi connectivity index (χ1n) is 4.44. The van der Waals surface area contributed by atoms with Gasteiger partial charge in [-0.15, -0.1) is 0 Å². The van der Waals surface area contributed by atoms with Gasteiger partial charge in [-0.25, -0.2) is 0 Å². The van der Waals surface area contributed by atoms with Gasteiger partial charge >= 0.3 is 0 Å². The third-order valence-electron chi connectivity index (χ3n) is 2.07. The van der Waals surface area contributed by atoms with Gasteiger partial charge in [-0.2, -0.15) is 0 Å². The molecule has 1 rings (SSSR count). The molecule has 0 saturated carbocycles. The van der Waals surface area contributed by atoms with E-state index in [9.17, 15) is 4.79 Å². The monoisotopic (exact) mass is 171 g/mol. The summed E-state index contributed by atoms with van der Waals surface area (Å²) in [6, 6.07) is 0. The number of hydrogen-bond acceptors (Lipinski definition) is 3. The molecule has 12 heavy (non-hydrogen) atoms. The summed E-state index contributed by atoms with van der Waals surface area (Å²) < 4.78 is 5.55. The predicted molar refractivity (Wildman–Crippen MR) is 47.2 cm³/mol. The maximum atomic E-state index is 10.2. The predicted octanol–water partition coefficient (Wildman–Crippen LogP) is 0.686. The van der Waals surface area contributed by atoms with Gasteiger partial charge in [0.1, 0.15) is 6.29 Å². The SMILES string of the molecule is CC1(C)CN(CCC=O)CCO1. The smallest absolute Gasteiger partial charge is 0.121 e. The maximum absolute atomic E-state index is 10.2. The molecule has 0 aliphatic carbocycles. The quantitative estimate of drug-likeness (QED) is 0.585. The number of nitrogens with zero attached hydrogens (tertiary/aromatic N) is 1. The minimum absolute atomic E-state index is 0.0405. The van der Waals surface area contributed by atoms with Gasteiger partial charge in [-0.1, -0.05) is 0 Å². The molecule has 0 aromatic heterocycles. The van der Waals surface area contributed by atoms with Gasteiger partial charge < -0.3 is 9.53 Å². The van der Waals surface area contributed by atoms with Crippen molar-refractivity contribution in [3.8, 4) is 0 Å². The first kappa shape index (κ1) is 9.68. The Morgan fingerprint density at radius 2 is 2.33 bits per heavy atom.